The average molecular weight is 699 g/mol. The number of carbonyl (C=O) groups excluding carboxylic acids is 1. The number of hydrogen-bond donors (Lipinski definition) is 3. The third-order valence-corrected chi connectivity index (χ3v) is 11.6. The number of esters is 1. The molecule has 3 nitrogen and oxygen atoms in total. The molecule has 47 heavy (non-hydrogen) atoms. The third-order valence-electron chi connectivity index (χ3n) is 10.3. The smallest absolute Gasteiger partial charge is 0.333 e. The van der Waals surface area contributed by atoms with Crippen molar-refractivity contribution in [1.29, 1.82) is 0 Å². The Balaban J connectivity index is 1.92. The van der Waals surface area contributed by atoms with Crippen LogP contribution in [0.15, 0.2) is 42.5 Å². The van der Waals surface area contributed by atoms with Crippen molar-refractivity contribution in [1.82, 2.24) is 0 Å². The standard InChI is InChI=1S/C41H62O3S3/c1-6-9-10-13-31-16-18-33(19-17-31)34-20-21-38(32(7-2)24-34)37-25-35(14-11-22-45)39(36(26-37)15-12-23-46)43-27-41(8-3,29-47)28-44-40(42)30(4)5/h20-21,24-26,31,33,45-47H,4,6-19,22-23,27-29H2,1-3,5H3. The van der Waals surface area contributed by atoms with Gasteiger partial charge in [-0.15, -0.1) is 0 Å². The van der Waals surface area contributed by atoms with E-state index in [9.17, 15) is 4.79 Å². The molecule has 0 radical (unpaired) electrons. The molecule has 0 spiro atoms. The van der Waals surface area contributed by atoms with Gasteiger partial charge in [-0.05, 0) is 140 Å². The molecule has 1 saturated carbocycles. The molecule has 2 aromatic rings. The lowest BCUT2D eigenvalue weighted by molar-refractivity contribution is -0.142. The van der Waals surface area contributed by atoms with Gasteiger partial charge in [-0.2, -0.15) is 37.9 Å². The van der Waals surface area contributed by atoms with Crippen molar-refractivity contribution in [2.45, 2.75) is 124 Å². The highest BCUT2D eigenvalue weighted by Crippen LogP contribution is 2.41. The Morgan fingerprint density at radius 2 is 1.53 bits per heavy atom. The number of thiol groups is 3. The van der Waals surface area contributed by atoms with E-state index in [0.717, 1.165) is 61.7 Å². The topological polar surface area (TPSA) is 35.5 Å². The van der Waals surface area contributed by atoms with Gasteiger partial charge >= 0.3 is 5.97 Å². The van der Waals surface area contributed by atoms with Crippen LogP contribution in [0.3, 0.4) is 0 Å². The second-order valence-electron chi connectivity index (χ2n) is 13.9. The molecule has 1 fully saturated rings. The molecule has 262 valence electrons. The highest BCUT2D eigenvalue weighted by Gasteiger charge is 2.31. The number of carbonyl (C=O) groups is 1. The van der Waals surface area contributed by atoms with Crippen LogP contribution in [-0.2, 0) is 28.8 Å². The zero-order valence-corrected chi connectivity index (χ0v) is 32.4. The molecule has 0 heterocycles. The van der Waals surface area contributed by atoms with Gasteiger partial charge in [0.15, 0.2) is 0 Å². The SMILES string of the molecule is C=C(C)C(=O)OCC(CC)(CS)COc1c(CCCS)cc(-c2ccc(C3CCC(CCCCC)CC3)cc2CC)cc1CCCS. The lowest BCUT2D eigenvalue weighted by Gasteiger charge is -2.31. The second-order valence-corrected chi connectivity index (χ2v) is 15.1. The van der Waals surface area contributed by atoms with E-state index < -0.39 is 5.41 Å². The van der Waals surface area contributed by atoms with Gasteiger partial charge in [0.05, 0.1) is 6.61 Å². The largest absolute Gasteiger partial charge is 0.492 e. The highest BCUT2D eigenvalue weighted by atomic mass is 32.1. The monoisotopic (exact) mass is 698 g/mol. The van der Waals surface area contributed by atoms with Crippen LogP contribution in [-0.4, -0.2) is 36.4 Å². The first-order valence-electron chi connectivity index (χ1n) is 18.3. The van der Waals surface area contributed by atoms with Crippen LogP contribution in [0.2, 0.25) is 0 Å². The Morgan fingerprint density at radius 1 is 0.872 bits per heavy atom. The van der Waals surface area contributed by atoms with Crippen LogP contribution in [0.5, 0.6) is 5.75 Å². The van der Waals surface area contributed by atoms with Crippen molar-refractivity contribution in [3.8, 4) is 16.9 Å². The quantitative estimate of drug-likeness (QED) is 0.0526. The lowest BCUT2D eigenvalue weighted by atomic mass is 9.76. The van der Waals surface area contributed by atoms with Crippen molar-refractivity contribution < 1.29 is 14.3 Å². The summed E-state index contributed by atoms with van der Waals surface area (Å²) in [6.45, 7) is 12.8. The van der Waals surface area contributed by atoms with Crippen molar-refractivity contribution in [3.05, 3.63) is 64.7 Å². The molecule has 0 bridgehead atoms. The summed E-state index contributed by atoms with van der Waals surface area (Å²) < 4.78 is 12.4. The van der Waals surface area contributed by atoms with Gasteiger partial charge in [0.2, 0.25) is 0 Å². The van der Waals surface area contributed by atoms with Gasteiger partial charge in [0.25, 0.3) is 0 Å². The van der Waals surface area contributed by atoms with E-state index in [2.05, 4.69) is 95.6 Å². The molecule has 1 aliphatic carbocycles. The van der Waals surface area contributed by atoms with E-state index in [4.69, 9.17) is 9.47 Å². The summed E-state index contributed by atoms with van der Waals surface area (Å²) in [6.07, 6.45) is 16.4. The zero-order chi connectivity index (χ0) is 34.2. The molecule has 2 aromatic carbocycles. The third kappa shape index (κ3) is 11.8. The summed E-state index contributed by atoms with van der Waals surface area (Å²) in [5.74, 6) is 4.39. The number of aryl methyl sites for hydroxylation is 3. The molecule has 3 rings (SSSR count). The molecule has 0 saturated heterocycles. The number of rotatable bonds is 21. The van der Waals surface area contributed by atoms with E-state index in [0.29, 0.717) is 23.9 Å². The first-order chi connectivity index (χ1) is 22.7. The minimum Gasteiger partial charge on any atom is -0.492 e. The number of ether oxygens (including phenoxy) is 2. The van der Waals surface area contributed by atoms with Crippen molar-refractivity contribution in [3.63, 3.8) is 0 Å². The number of hydrogen-bond acceptors (Lipinski definition) is 6. The van der Waals surface area contributed by atoms with Gasteiger partial charge in [-0.3, -0.25) is 0 Å². The van der Waals surface area contributed by atoms with Crippen molar-refractivity contribution in [2.75, 3.05) is 30.5 Å². The number of unbranched alkanes of at least 4 members (excludes halogenated alkanes) is 2. The van der Waals surface area contributed by atoms with Gasteiger partial charge in [0.1, 0.15) is 12.4 Å². The van der Waals surface area contributed by atoms with Gasteiger partial charge < -0.3 is 9.47 Å². The summed E-state index contributed by atoms with van der Waals surface area (Å²) in [6, 6.07) is 12.0. The Hall–Kier alpha value is -1.50. The molecule has 6 heteroatoms. The Morgan fingerprint density at radius 3 is 2.06 bits per heavy atom. The molecular formula is C41H62O3S3. The maximum absolute atomic E-state index is 12.2. The summed E-state index contributed by atoms with van der Waals surface area (Å²) in [7, 11) is 0. The second kappa shape index (κ2) is 20.9. The van der Waals surface area contributed by atoms with Crippen LogP contribution in [0.4, 0.5) is 0 Å². The Labute approximate surface area is 303 Å². The molecule has 1 aliphatic rings. The van der Waals surface area contributed by atoms with Crippen LogP contribution < -0.4 is 4.74 Å². The maximum atomic E-state index is 12.2. The average Bonchev–Trinajstić information content (AvgIpc) is 3.10. The summed E-state index contributed by atoms with van der Waals surface area (Å²) >= 11 is 13.8. The first kappa shape index (κ1) is 39.9. The fraction of sp³-hybridized carbons (Fsp3) is 0.634. The molecule has 0 aromatic heterocycles. The Bertz CT molecular complexity index is 1230. The first-order valence-corrected chi connectivity index (χ1v) is 20.2. The number of benzene rings is 2. The highest BCUT2D eigenvalue weighted by molar-refractivity contribution is 7.80. The fourth-order valence-corrected chi connectivity index (χ4v) is 7.65. The molecule has 0 amide bonds. The van der Waals surface area contributed by atoms with Crippen LogP contribution in [0.1, 0.15) is 126 Å². The maximum Gasteiger partial charge on any atom is 0.333 e. The van der Waals surface area contributed by atoms with Crippen molar-refractivity contribution >= 4 is 43.9 Å². The minimum absolute atomic E-state index is 0.251. The van der Waals surface area contributed by atoms with E-state index in [1.165, 1.54) is 84.7 Å². The molecule has 1 unspecified atom stereocenters. The molecular weight excluding hydrogens is 637 g/mol. The molecule has 0 N–H and O–H groups in total. The van der Waals surface area contributed by atoms with Crippen LogP contribution >= 0.6 is 37.9 Å². The normalized spacial score (nSPS) is 17.7. The summed E-state index contributed by atoms with van der Waals surface area (Å²) in [5.41, 5.74) is 8.02. The van der Waals surface area contributed by atoms with Gasteiger partial charge in [-0.25, -0.2) is 4.79 Å². The van der Waals surface area contributed by atoms with Crippen molar-refractivity contribution in [2.24, 2.45) is 11.3 Å². The van der Waals surface area contributed by atoms with E-state index in [1.54, 1.807) is 6.92 Å². The van der Waals surface area contributed by atoms with E-state index in [-0.39, 0.29) is 12.6 Å². The summed E-state index contributed by atoms with van der Waals surface area (Å²) in [4.78, 5) is 12.2. The molecule has 0 aliphatic heterocycles. The molecule has 1 atom stereocenters. The van der Waals surface area contributed by atoms with Crippen LogP contribution in [0, 0.1) is 11.3 Å². The fourth-order valence-electron chi connectivity index (χ4n) is 6.93. The zero-order valence-electron chi connectivity index (χ0n) is 29.7. The Kier molecular flexibility index (Phi) is 17.7. The van der Waals surface area contributed by atoms with E-state index >= 15 is 0 Å². The van der Waals surface area contributed by atoms with Crippen LogP contribution in [0.25, 0.3) is 11.1 Å². The lowest BCUT2D eigenvalue weighted by Crippen LogP contribution is -2.36. The van der Waals surface area contributed by atoms with Gasteiger partial charge in [-0.1, -0.05) is 71.2 Å². The predicted molar refractivity (Wildman–Crippen MR) is 212 cm³/mol. The van der Waals surface area contributed by atoms with E-state index in [1.807, 2.05) is 0 Å². The summed E-state index contributed by atoms with van der Waals surface area (Å²) in [5, 5.41) is 0. The minimum atomic E-state index is -0.394. The van der Waals surface area contributed by atoms with Gasteiger partial charge in [0, 0.05) is 16.7 Å². The predicted octanol–water partition coefficient (Wildman–Crippen LogP) is 11.3.